The molecule has 0 aliphatic heterocycles. The van der Waals surface area contributed by atoms with Crippen LogP contribution in [-0.2, 0) is 17.9 Å². The van der Waals surface area contributed by atoms with E-state index in [9.17, 15) is 9.59 Å². The Morgan fingerprint density at radius 1 is 0.966 bits per heavy atom. The standard InChI is InChI=1S/C23H31N3O3/c1-24(2)23(28)26(20-12-7-4-8-13-20)18-22(27)25(17-21-14-9-15-29-21)16-19-10-5-3-6-11-19/h3,5-6,9-11,14-15,20H,4,7-8,12-13,16-18H2,1-2H3. The number of hydrogen-bond acceptors (Lipinski definition) is 3. The summed E-state index contributed by atoms with van der Waals surface area (Å²) in [5.74, 6) is 0.670. The van der Waals surface area contributed by atoms with Gasteiger partial charge in [0.1, 0.15) is 12.3 Å². The van der Waals surface area contributed by atoms with Crippen LogP contribution in [0.15, 0.2) is 53.1 Å². The number of hydrogen-bond donors (Lipinski definition) is 0. The van der Waals surface area contributed by atoms with Gasteiger partial charge in [0.05, 0.1) is 12.8 Å². The predicted octanol–water partition coefficient (Wildman–Crippen LogP) is 4.12. The fourth-order valence-corrected chi connectivity index (χ4v) is 3.87. The molecule has 3 amide bonds. The van der Waals surface area contributed by atoms with Crippen LogP contribution in [0.4, 0.5) is 4.79 Å². The van der Waals surface area contributed by atoms with Crippen molar-refractivity contribution in [2.75, 3.05) is 20.6 Å². The SMILES string of the molecule is CN(C)C(=O)N(CC(=O)N(Cc1ccccc1)Cc1ccco1)C1CCCCC1. The zero-order chi connectivity index (χ0) is 20.6. The third-order valence-corrected chi connectivity index (χ3v) is 5.45. The van der Waals surface area contributed by atoms with Gasteiger partial charge in [-0.1, -0.05) is 49.6 Å². The van der Waals surface area contributed by atoms with Gasteiger partial charge in [0.15, 0.2) is 0 Å². The summed E-state index contributed by atoms with van der Waals surface area (Å²) >= 11 is 0. The molecule has 1 saturated carbocycles. The number of rotatable bonds is 7. The summed E-state index contributed by atoms with van der Waals surface area (Å²) in [6, 6.07) is 13.6. The third-order valence-electron chi connectivity index (χ3n) is 5.45. The first-order chi connectivity index (χ1) is 14.0. The Labute approximate surface area is 173 Å². The third kappa shape index (κ3) is 5.86. The van der Waals surface area contributed by atoms with E-state index in [2.05, 4.69) is 0 Å². The van der Waals surface area contributed by atoms with Crippen LogP contribution in [0.3, 0.4) is 0 Å². The Bertz CT molecular complexity index is 768. The molecule has 1 aliphatic rings. The Balaban J connectivity index is 1.77. The van der Waals surface area contributed by atoms with E-state index in [0.717, 1.165) is 37.0 Å². The normalized spacial score (nSPS) is 14.4. The van der Waals surface area contributed by atoms with Crippen molar-refractivity contribution in [2.24, 2.45) is 0 Å². The molecule has 6 nitrogen and oxygen atoms in total. The fourth-order valence-electron chi connectivity index (χ4n) is 3.87. The number of nitrogens with zero attached hydrogens (tertiary/aromatic N) is 3. The van der Waals surface area contributed by atoms with Crippen molar-refractivity contribution in [2.45, 2.75) is 51.2 Å². The Kier molecular flexibility index (Phi) is 7.33. The Hall–Kier alpha value is -2.76. The molecule has 0 radical (unpaired) electrons. The van der Waals surface area contributed by atoms with Crippen molar-refractivity contribution in [1.82, 2.24) is 14.7 Å². The smallest absolute Gasteiger partial charge is 0.320 e. The lowest BCUT2D eigenvalue weighted by molar-refractivity contribution is -0.134. The minimum atomic E-state index is -0.0945. The van der Waals surface area contributed by atoms with E-state index in [0.29, 0.717) is 13.1 Å². The van der Waals surface area contributed by atoms with Crippen molar-refractivity contribution in [3.8, 4) is 0 Å². The molecule has 0 saturated heterocycles. The van der Waals surface area contributed by atoms with E-state index in [1.807, 2.05) is 42.5 Å². The maximum absolute atomic E-state index is 13.3. The second kappa shape index (κ2) is 10.1. The largest absolute Gasteiger partial charge is 0.467 e. The van der Waals surface area contributed by atoms with Gasteiger partial charge in [-0.2, -0.15) is 0 Å². The van der Waals surface area contributed by atoms with Crippen molar-refractivity contribution in [3.63, 3.8) is 0 Å². The van der Waals surface area contributed by atoms with Crippen molar-refractivity contribution in [1.29, 1.82) is 0 Å². The highest BCUT2D eigenvalue weighted by Crippen LogP contribution is 2.24. The van der Waals surface area contributed by atoms with Crippen LogP contribution in [-0.4, -0.2) is 53.3 Å². The lowest BCUT2D eigenvalue weighted by Gasteiger charge is -2.36. The number of amides is 3. The molecule has 6 heteroatoms. The van der Waals surface area contributed by atoms with Crippen LogP contribution in [0.25, 0.3) is 0 Å². The first kappa shape index (κ1) is 21.0. The molecular weight excluding hydrogens is 366 g/mol. The summed E-state index contributed by atoms with van der Waals surface area (Å²) < 4.78 is 5.48. The average molecular weight is 398 g/mol. The molecule has 2 aromatic rings. The predicted molar refractivity (Wildman–Crippen MR) is 112 cm³/mol. The minimum absolute atomic E-state index is 0.0639. The second-order valence-corrected chi connectivity index (χ2v) is 7.91. The van der Waals surface area contributed by atoms with Crippen LogP contribution in [0.1, 0.15) is 43.4 Å². The van der Waals surface area contributed by atoms with Crippen LogP contribution in [0.2, 0.25) is 0 Å². The highest BCUT2D eigenvalue weighted by Gasteiger charge is 2.30. The van der Waals surface area contributed by atoms with E-state index in [1.54, 1.807) is 35.1 Å². The molecule has 0 N–H and O–H groups in total. The van der Waals surface area contributed by atoms with Crippen molar-refractivity contribution < 1.29 is 14.0 Å². The van der Waals surface area contributed by atoms with Crippen LogP contribution >= 0.6 is 0 Å². The van der Waals surface area contributed by atoms with Crippen molar-refractivity contribution >= 4 is 11.9 Å². The molecule has 29 heavy (non-hydrogen) atoms. The van der Waals surface area contributed by atoms with Crippen LogP contribution < -0.4 is 0 Å². The van der Waals surface area contributed by atoms with E-state index >= 15 is 0 Å². The molecule has 0 bridgehead atoms. The van der Waals surface area contributed by atoms with Gasteiger partial charge in [-0.25, -0.2) is 4.79 Å². The molecule has 1 heterocycles. The number of carbonyl (C=O) groups is 2. The molecule has 156 valence electrons. The Morgan fingerprint density at radius 2 is 1.69 bits per heavy atom. The molecular formula is C23H31N3O3. The quantitative estimate of drug-likeness (QED) is 0.706. The lowest BCUT2D eigenvalue weighted by Crippen LogP contribution is -2.51. The van der Waals surface area contributed by atoms with Gasteiger partial charge >= 0.3 is 6.03 Å². The van der Waals surface area contributed by atoms with E-state index in [-0.39, 0.29) is 24.5 Å². The van der Waals surface area contributed by atoms with Gasteiger partial charge in [0.2, 0.25) is 5.91 Å². The Morgan fingerprint density at radius 3 is 2.31 bits per heavy atom. The first-order valence-corrected chi connectivity index (χ1v) is 10.4. The van der Waals surface area contributed by atoms with Crippen LogP contribution in [0, 0.1) is 0 Å². The number of carbonyl (C=O) groups excluding carboxylic acids is 2. The summed E-state index contributed by atoms with van der Waals surface area (Å²) in [5, 5.41) is 0. The van der Waals surface area contributed by atoms with E-state index < -0.39 is 0 Å². The molecule has 1 aliphatic carbocycles. The van der Waals surface area contributed by atoms with Gasteiger partial charge in [-0.05, 0) is 30.5 Å². The zero-order valence-electron chi connectivity index (χ0n) is 17.4. The summed E-state index contributed by atoms with van der Waals surface area (Å²) in [7, 11) is 3.49. The maximum atomic E-state index is 13.3. The van der Waals surface area contributed by atoms with Gasteiger partial charge in [0.25, 0.3) is 0 Å². The van der Waals surface area contributed by atoms with E-state index in [4.69, 9.17) is 4.42 Å². The summed E-state index contributed by atoms with van der Waals surface area (Å²) in [5.41, 5.74) is 1.05. The topological polar surface area (TPSA) is 57.0 Å². The molecule has 1 aromatic carbocycles. The first-order valence-electron chi connectivity index (χ1n) is 10.4. The minimum Gasteiger partial charge on any atom is -0.467 e. The van der Waals surface area contributed by atoms with Gasteiger partial charge in [-0.15, -0.1) is 0 Å². The molecule has 1 fully saturated rings. The van der Waals surface area contributed by atoms with Crippen LogP contribution in [0.5, 0.6) is 0 Å². The van der Waals surface area contributed by atoms with Gasteiger partial charge in [0, 0.05) is 26.7 Å². The van der Waals surface area contributed by atoms with E-state index in [1.165, 1.54) is 6.42 Å². The number of urea groups is 1. The summed E-state index contributed by atoms with van der Waals surface area (Å²) in [6.07, 6.45) is 6.96. The number of benzene rings is 1. The molecule has 0 unspecified atom stereocenters. The van der Waals surface area contributed by atoms with Gasteiger partial charge < -0.3 is 19.1 Å². The lowest BCUT2D eigenvalue weighted by atomic mass is 9.94. The monoisotopic (exact) mass is 397 g/mol. The zero-order valence-corrected chi connectivity index (χ0v) is 17.4. The molecule has 0 spiro atoms. The average Bonchev–Trinajstić information content (AvgIpc) is 3.25. The summed E-state index contributed by atoms with van der Waals surface area (Å²) in [6.45, 7) is 0.958. The molecule has 3 rings (SSSR count). The summed E-state index contributed by atoms with van der Waals surface area (Å²) in [4.78, 5) is 31.3. The highest BCUT2D eigenvalue weighted by atomic mass is 16.3. The molecule has 1 aromatic heterocycles. The fraction of sp³-hybridized carbons (Fsp3) is 0.478. The van der Waals surface area contributed by atoms with Gasteiger partial charge in [-0.3, -0.25) is 4.79 Å². The molecule has 0 atom stereocenters. The van der Waals surface area contributed by atoms with Crippen molar-refractivity contribution in [3.05, 3.63) is 60.1 Å². The number of furan rings is 1. The maximum Gasteiger partial charge on any atom is 0.320 e. The highest BCUT2D eigenvalue weighted by molar-refractivity contribution is 5.84. The second-order valence-electron chi connectivity index (χ2n) is 7.91.